The van der Waals surface area contributed by atoms with E-state index < -0.39 is 23.1 Å². The third kappa shape index (κ3) is 3.66. The molecule has 0 aliphatic rings. The first-order valence-corrected chi connectivity index (χ1v) is 6.36. The van der Waals surface area contributed by atoms with Gasteiger partial charge in [0.05, 0.1) is 7.11 Å². The number of hydrogen-bond donors (Lipinski definition) is 2. The van der Waals surface area contributed by atoms with Crippen molar-refractivity contribution in [2.75, 3.05) is 13.7 Å². The van der Waals surface area contributed by atoms with Gasteiger partial charge in [-0.2, -0.15) is 0 Å². The summed E-state index contributed by atoms with van der Waals surface area (Å²) in [4.78, 5) is 12.0. The van der Waals surface area contributed by atoms with Gasteiger partial charge in [-0.15, -0.1) is 0 Å². The molecule has 0 heterocycles. The first-order chi connectivity index (χ1) is 9.42. The summed E-state index contributed by atoms with van der Waals surface area (Å²) in [5, 5.41) is 11.5. The third-order valence-corrected chi connectivity index (χ3v) is 3.06. The van der Waals surface area contributed by atoms with E-state index in [0.717, 1.165) is 12.1 Å². The van der Waals surface area contributed by atoms with Crippen LogP contribution in [-0.2, 0) is 0 Å². The Bertz CT molecular complexity index is 478. The van der Waals surface area contributed by atoms with Gasteiger partial charge in [0.25, 0.3) is 5.91 Å². The molecule has 20 heavy (non-hydrogen) atoms. The lowest BCUT2D eigenvalue weighted by atomic mass is 10.0. The van der Waals surface area contributed by atoms with Crippen molar-refractivity contribution in [2.24, 2.45) is 5.92 Å². The minimum atomic E-state index is -1.03. The number of hydrogen-bond acceptors (Lipinski definition) is 3. The normalized spacial score (nSPS) is 12.3. The Morgan fingerprint density at radius 1 is 1.40 bits per heavy atom. The molecule has 0 fully saturated rings. The molecular weight excluding hydrogens is 268 g/mol. The molecule has 0 saturated heterocycles. The van der Waals surface area contributed by atoms with Gasteiger partial charge >= 0.3 is 0 Å². The molecule has 0 saturated carbocycles. The summed E-state index contributed by atoms with van der Waals surface area (Å²) in [6, 6.07) is 1.74. The van der Waals surface area contributed by atoms with Crippen molar-refractivity contribution < 1.29 is 23.4 Å². The molecule has 1 atom stereocenters. The van der Waals surface area contributed by atoms with E-state index in [-0.39, 0.29) is 24.3 Å². The predicted molar refractivity (Wildman–Crippen MR) is 70.7 cm³/mol. The molecule has 0 radical (unpaired) electrons. The van der Waals surface area contributed by atoms with Gasteiger partial charge < -0.3 is 15.2 Å². The van der Waals surface area contributed by atoms with E-state index in [0.29, 0.717) is 6.42 Å². The van der Waals surface area contributed by atoms with E-state index in [1.807, 2.05) is 13.8 Å². The zero-order chi connectivity index (χ0) is 15.3. The summed E-state index contributed by atoms with van der Waals surface area (Å²) >= 11 is 0. The van der Waals surface area contributed by atoms with Crippen LogP contribution in [0.3, 0.4) is 0 Å². The minimum Gasteiger partial charge on any atom is -0.494 e. The Balaban J connectivity index is 3.02. The van der Waals surface area contributed by atoms with E-state index in [9.17, 15) is 13.6 Å². The number of aliphatic hydroxyl groups is 1. The fourth-order valence-corrected chi connectivity index (χ4v) is 1.85. The zero-order valence-electron chi connectivity index (χ0n) is 11.7. The van der Waals surface area contributed by atoms with Crippen LogP contribution in [0.25, 0.3) is 0 Å². The smallest absolute Gasteiger partial charge is 0.257 e. The summed E-state index contributed by atoms with van der Waals surface area (Å²) in [7, 11) is 1.24. The van der Waals surface area contributed by atoms with Crippen molar-refractivity contribution >= 4 is 5.91 Å². The molecule has 1 aromatic carbocycles. The molecule has 1 aromatic rings. The Hall–Kier alpha value is -1.69. The molecule has 0 aliphatic heterocycles. The van der Waals surface area contributed by atoms with Gasteiger partial charge in [0.1, 0.15) is 11.4 Å². The fraction of sp³-hybridized carbons (Fsp3) is 0.500. The number of aliphatic hydroxyl groups excluding tert-OH is 1. The Labute approximate surface area is 116 Å². The van der Waals surface area contributed by atoms with E-state index >= 15 is 0 Å². The molecule has 0 aromatic heterocycles. The lowest BCUT2D eigenvalue weighted by molar-refractivity contribution is 0.0907. The minimum absolute atomic E-state index is 0.0304. The Morgan fingerprint density at radius 2 is 2.05 bits per heavy atom. The van der Waals surface area contributed by atoms with Crippen LogP contribution in [-0.4, -0.2) is 30.8 Å². The Morgan fingerprint density at radius 3 is 2.55 bits per heavy atom. The van der Waals surface area contributed by atoms with Crippen LogP contribution in [0.15, 0.2) is 12.1 Å². The van der Waals surface area contributed by atoms with Gasteiger partial charge in [-0.3, -0.25) is 4.79 Å². The maximum absolute atomic E-state index is 13.9. The molecule has 0 aliphatic carbocycles. The highest BCUT2D eigenvalue weighted by atomic mass is 19.1. The summed E-state index contributed by atoms with van der Waals surface area (Å²) in [5.74, 6) is -3.00. The van der Waals surface area contributed by atoms with Crippen molar-refractivity contribution in [3.63, 3.8) is 0 Å². The summed E-state index contributed by atoms with van der Waals surface area (Å²) in [6.07, 6.45) is 0.316. The number of ether oxygens (including phenoxy) is 1. The molecule has 4 nitrogen and oxygen atoms in total. The van der Waals surface area contributed by atoms with Crippen LogP contribution in [0.1, 0.15) is 30.6 Å². The standard InChI is InChI=1S/C14H19F2NO3/c1-8(2)10(6-7-18)17-14(19)12-9(15)4-5-11(20-3)13(12)16/h4-5,8,10,18H,6-7H2,1-3H3,(H,17,19). The lowest BCUT2D eigenvalue weighted by Crippen LogP contribution is -2.40. The predicted octanol–water partition coefficient (Wildman–Crippen LogP) is 2.11. The van der Waals surface area contributed by atoms with Crippen molar-refractivity contribution in [3.8, 4) is 5.75 Å². The van der Waals surface area contributed by atoms with Gasteiger partial charge in [-0.1, -0.05) is 13.8 Å². The second-order valence-electron chi connectivity index (χ2n) is 4.77. The van der Waals surface area contributed by atoms with Crippen LogP contribution < -0.4 is 10.1 Å². The highest BCUT2D eigenvalue weighted by Crippen LogP contribution is 2.23. The number of carbonyl (C=O) groups is 1. The average Bonchev–Trinajstić information content (AvgIpc) is 2.38. The van der Waals surface area contributed by atoms with E-state index in [2.05, 4.69) is 5.32 Å². The van der Waals surface area contributed by atoms with Crippen molar-refractivity contribution in [3.05, 3.63) is 29.3 Å². The van der Waals surface area contributed by atoms with Crippen molar-refractivity contribution in [1.82, 2.24) is 5.32 Å². The lowest BCUT2D eigenvalue weighted by Gasteiger charge is -2.22. The summed E-state index contributed by atoms with van der Waals surface area (Å²) < 4.78 is 32.3. The number of halogens is 2. The maximum atomic E-state index is 13.9. The molecule has 1 unspecified atom stereocenters. The first kappa shape index (κ1) is 16.4. The molecular formula is C14H19F2NO3. The monoisotopic (exact) mass is 287 g/mol. The second-order valence-corrected chi connectivity index (χ2v) is 4.77. The van der Waals surface area contributed by atoms with Crippen molar-refractivity contribution in [1.29, 1.82) is 0 Å². The number of benzene rings is 1. The molecule has 1 amide bonds. The summed E-state index contributed by atoms with van der Waals surface area (Å²) in [6.45, 7) is 3.57. The van der Waals surface area contributed by atoms with Crippen molar-refractivity contribution in [2.45, 2.75) is 26.3 Å². The number of methoxy groups -OCH3 is 1. The van der Waals surface area contributed by atoms with Gasteiger partial charge in [-0.05, 0) is 24.5 Å². The SMILES string of the molecule is COc1ccc(F)c(C(=O)NC(CCO)C(C)C)c1F. The van der Waals surface area contributed by atoms with Crippen LogP contribution >= 0.6 is 0 Å². The van der Waals surface area contributed by atoms with E-state index in [1.54, 1.807) is 0 Å². The van der Waals surface area contributed by atoms with Crippen LogP contribution in [0.4, 0.5) is 8.78 Å². The Kier molecular flexibility index (Phi) is 5.88. The molecule has 0 spiro atoms. The fourth-order valence-electron chi connectivity index (χ4n) is 1.85. The van der Waals surface area contributed by atoms with Crippen LogP contribution in [0.2, 0.25) is 0 Å². The van der Waals surface area contributed by atoms with Crippen LogP contribution in [0, 0.1) is 17.6 Å². The molecule has 6 heteroatoms. The van der Waals surface area contributed by atoms with Gasteiger partial charge in [0.2, 0.25) is 0 Å². The maximum Gasteiger partial charge on any atom is 0.257 e. The first-order valence-electron chi connectivity index (χ1n) is 6.36. The molecule has 0 bridgehead atoms. The topological polar surface area (TPSA) is 58.6 Å². The second kappa shape index (κ2) is 7.19. The highest BCUT2D eigenvalue weighted by Gasteiger charge is 2.24. The average molecular weight is 287 g/mol. The number of amides is 1. The number of carbonyl (C=O) groups excluding carboxylic acids is 1. The third-order valence-electron chi connectivity index (χ3n) is 3.06. The van der Waals surface area contributed by atoms with E-state index in [1.165, 1.54) is 7.11 Å². The number of nitrogens with one attached hydrogen (secondary N) is 1. The zero-order valence-corrected chi connectivity index (χ0v) is 11.7. The summed E-state index contributed by atoms with van der Waals surface area (Å²) in [5.41, 5.74) is -0.673. The number of rotatable bonds is 6. The molecule has 2 N–H and O–H groups in total. The highest BCUT2D eigenvalue weighted by molar-refractivity contribution is 5.95. The van der Waals surface area contributed by atoms with Gasteiger partial charge in [-0.25, -0.2) is 8.78 Å². The van der Waals surface area contributed by atoms with Gasteiger partial charge in [0.15, 0.2) is 11.6 Å². The van der Waals surface area contributed by atoms with Crippen LogP contribution in [0.5, 0.6) is 5.75 Å². The van der Waals surface area contributed by atoms with Gasteiger partial charge in [0, 0.05) is 12.6 Å². The quantitative estimate of drug-likeness (QED) is 0.842. The molecule has 1 rings (SSSR count). The largest absolute Gasteiger partial charge is 0.494 e. The van der Waals surface area contributed by atoms with E-state index in [4.69, 9.17) is 9.84 Å². The molecule has 112 valence electrons.